The van der Waals surface area contributed by atoms with Crippen molar-refractivity contribution >= 4 is 21.7 Å². The van der Waals surface area contributed by atoms with Gasteiger partial charge in [-0.1, -0.05) is 79.9 Å². The Labute approximate surface area is 157 Å². The van der Waals surface area contributed by atoms with Crippen molar-refractivity contribution in [1.29, 1.82) is 0 Å². The first-order chi connectivity index (χ1) is 11.2. The highest BCUT2D eigenvalue weighted by atomic mass is 79.9. The Balaban J connectivity index is 0.00000254. The normalized spacial score (nSPS) is 13.7. The van der Waals surface area contributed by atoms with E-state index in [9.17, 15) is 4.79 Å². The van der Waals surface area contributed by atoms with Crippen LogP contribution in [0.5, 0.6) is 0 Å². The smallest absolute Gasteiger partial charge is 0.153 e. The van der Waals surface area contributed by atoms with E-state index in [0.29, 0.717) is 5.33 Å². The number of nitrogens with one attached hydrogen (secondary N) is 1. The Hall–Kier alpha value is -0.670. The zero-order chi connectivity index (χ0) is 18.8. The van der Waals surface area contributed by atoms with Crippen LogP contribution in [-0.4, -0.2) is 24.7 Å². The molecule has 1 atom stereocenters. The number of ketones is 1. The third kappa shape index (κ3) is 7.06. The number of alkyl halides is 1. The lowest BCUT2D eigenvalue weighted by Gasteiger charge is -2.31. The van der Waals surface area contributed by atoms with E-state index in [1.165, 1.54) is 5.56 Å². The van der Waals surface area contributed by atoms with E-state index in [2.05, 4.69) is 73.2 Å². The van der Waals surface area contributed by atoms with Gasteiger partial charge in [-0.2, -0.15) is 0 Å². The molecule has 0 aliphatic heterocycles. The van der Waals surface area contributed by atoms with Gasteiger partial charge in [0.25, 0.3) is 0 Å². The summed E-state index contributed by atoms with van der Waals surface area (Å²) in [5, 5.41) is 3.67. The Morgan fingerprint density at radius 3 is 2.29 bits per heavy atom. The summed E-state index contributed by atoms with van der Waals surface area (Å²) in [6.45, 7) is 13.7. The molecule has 1 rings (SSSR count). The molecular weight excluding hydrogens is 362 g/mol. The van der Waals surface area contributed by atoms with E-state index in [1.54, 1.807) is 0 Å². The maximum atomic E-state index is 12.6. The molecule has 0 bridgehead atoms. The molecule has 0 spiro atoms. The van der Waals surface area contributed by atoms with Gasteiger partial charge in [0.2, 0.25) is 0 Å². The van der Waals surface area contributed by atoms with Gasteiger partial charge in [-0.05, 0) is 51.3 Å². The van der Waals surface area contributed by atoms with Gasteiger partial charge in [-0.3, -0.25) is 4.79 Å². The molecule has 1 aromatic rings. The van der Waals surface area contributed by atoms with Crippen molar-refractivity contribution < 1.29 is 4.79 Å². The number of halogens is 1. The number of Topliss-reactive ketones (excluding diaryl/α,β-unsaturated/α-hetero) is 1. The molecule has 0 radical (unpaired) electrons. The quantitative estimate of drug-likeness (QED) is 0.544. The molecule has 1 N–H and O–H groups in total. The minimum absolute atomic E-state index is 0.264. The second kappa shape index (κ2) is 11.0. The van der Waals surface area contributed by atoms with Crippen molar-refractivity contribution in [1.82, 2.24) is 5.32 Å². The summed E-state index contributed by atoms with van der Waals surface area (Å²) in [4.78, 5) is 12.6. The molecule has 0 heterocycles. The predicted octanol–water partition coefficient (Wildman–Crippen LogP) is 5.66. The van der Waals surface area contributed by atoms with Gasteiger partial charge in [-0.25, -0.2) is 0 Å². The fourth-order valence-corrected chi connectivity index (χ4v) is 3.69. The maximum Gasteiger partial charge on any atom is 0.153 e. The summed E-state index contributed by atoms with van der Waals surface area (Å²) in [7, 11) is 1.99. The molecule has 0 aromatic heterocycles. The molecule has 0 amide bonds. The first-order valence-corrected chi connectivity index (χ1v) is 10.2. The zero-order valence-corrected chi connectivity index (χ0v) is 18.2. The fourth-order valence-electron chi connectivity index (χ4n) is 3.07. The second-order valence-corrected chi connectivity index (χ2v) is 7.87. The highest BCUT2D eigenvalue weighted by Gasteiger charge is 2.34. The lowest BCUT2D eigenvalue weighted by Crippen LogP contribution is -2.34. The molecule has 0 aliphatic rings. The summed E-state index contributed by atoms with van der Waals surface area (Å²) in [5.41, 5.74) is 2.22. The van der Waals surface area contributed by atoms with Crippen LogP contribution < -0.4 is 5.32 Å². The average Bonchev–Trinajstić information content (AvgIpc) is 2.55. The number of hydrogen-bond donors (Lipinski definition) is 1. The summed E-state index contributed by atoms with van der Waals surface area (Å²) < 4.78 is 0. The van der Waals surface area contributed by atoms with E-state index in [0.717, 1.165) is 31.4 Å². The van der Waals surface area contributed by atoms with Crippen molar-refractivity contribution in [3.8, 4) is 0 Å². The highest BCUT2D eigenvalue weighted by Crippen LogP contribution is 2.34. The van der Waals surface area contributed by atoms with Gasteiger partial charge >= 0.3 is 0 Å². The van der Waals surface area contributed by atoms with Crippen molar-refractivity contribution in [2.75, 3.05) is 18.9 Å². The standard InChI is InChI=1S/C19H30BrNO.C2H6/c1-15-8-6-9-16(12-15)19(4,17(22)13-20)11-7-10-18(2,3)14-21-5;1-2/h6,8-9,12,21H,7,10-11,13-14H2,1-5H3;1-2H3. The number of hydrogen-bond acceptors (Lipinski definition) is 2. The van der Waals surface area contributed by atoms with Crippen molar-refractivity contribution in [2.45, 2.75) is 66.2 Å². The van der Waals surface area contributed by atoms with Crippen LogP contribution >= 0.6 is 15.9 Å². The number of benzene rings is 1. The molecule has 1 aromatic carbocycles. The predicted molar refractivity (Wildman–Crippen MR) is 110 cm³/mol. The van der Waals surface area contributed by atoms with Gasteiger partial charge in [0.1, 0.15) is 0 Å². The first kappa shape index (κ1) is 23.3. The zero-order valence-electron chi connectivity index (χ0n) is 16.6. The van der Waals surface area contributed by atoms with E-state index in [-0.39, 0.29) is 11.2 Å². The largest absolute Gasteiger partial charge is 0.319 e. The van der Waals surface area contributed by atoms with Crippen LogP contribution in [0, 0.1) is 12.3 Å². The van der Waals surface area contributed by atoms with Crippen molar-refractivity contribution in [2.24, 2.45) is 5.41 Å². The van der Waals surface area contributed by atoms with Crippen molar-refractivity contribution in [3.63, 3.8) is 0 Å². The topological polar surface area (TPSA) is 29.1 Å². The number of rotatable bonds is 9. The highest BCUT2D eigenvalue weighted by molar-refractivity contribution is 9.09. The molecule has 2 nitrogen and oxygen atoms in total. The molecule has 1 unspecified atom stereocenters. The monoisotopic (exact) mass is 397 g/mol. The van der Waals surface area contributed by atoms with Gasteiger partial charge in [0.05, 0.1) is 10.7 Å². The van der Waals surface area contributed by atoms with Crippen LogP contribution in [0.3, 0.4) is 0 Å². The van der Waals surface area contributed by atoms with E-state index in [4.69, 9.17) is 0 Å². The SMILES string of the molecule is CC.CNCC(C)(C)CCCC(C)(C(=O)CBr)c1cccc(C)c1. The van der Waals surface area contributed by atoms with Gasteiger partial charge in [0, 0.05) is 0 Å². The Kier molecular flexibility index (Phi) is 10.7. The average molecular weight is 398 g/mol. The molecule has 3 heteroatoms. The number of aryl methyl sites for hydroxylation is 1. The van der Waals surface area contributed by atoms with E-state index in [1.807, 2.05) is 20.9 Å². The molecule has 138 valence electrons. The third-order valence-corrected chi connectivity index (χ3v) is 5.09. The molecule has 0 saturated heterocycles. The third-order valence-electron chi connectivity index (χ3n) is 4.58. The lowest BCUT2D eigenvalue weighted by atomic mass is 9.73. The molecule has 0 aliphatic carbocycles. The van der Waals surface area contributed by atoms with Crippen LogP contribution in [0.25, 0.3) is 0 Å². The molecular formula is C21H36BrNO. The second-order valence-electron chi connectivity index (χ2n) is 7.31. The number of carbonyl (C=O) groups excluding carboxylic acids is 1. The fraction of sp³-hybridized carbons (Fsp3) is 0.667. The summed E-state index contributed by atoms with van der Waals surface area (Å²) >= 11 is 3.36. The molecule has 24 heavy (non-hydrogen) atoms. The van der Waals surface area contributed by atoms with Gasteiger partial charge in [-0.15, -0.1) is 0 Å². The van der Waals surface area contributed by atoms with Crippen LogP contribution in [0.1, 0.15) is 65.0 Å². The Bertz CT molecular complexity index is 498. The van der Waals surface area contributed by atoms with Crippen molar-refractivity contribution in [3.05, 3.63) is 35.4 Å². The Morgan fingerprint density at radius 1 is 1.17 bits per heavy atom. The van der Waals surface area contributed by atoms with Crippen LogP contribution in [0.2, 0.25) is 0 Å². The van der Waals surface area contributed by atoms with Gasteiger partial charge in [0.15, 0.2) is 5.78 Å². The Morgan fingerprint density at radius 2 is 1.79 bits per heavy atom. The summed E-state index contributed by atoms with van der Waals surface area (Å²) in [6.07, 6.45) is 3.07. The van der Waals surface area contributed by atoms with Crippen LogP contribution in [-0.2, 0) is 10.2 Å². The van der Waals surface area contributed by atoms with E-state index >= 15 is 0 Å². The molecule has 0 saturated carbocycles. The molecule has 0 fully saturated rings. The number of carbonyl (C=O) groups is 1. The minimum atomic E-state index is -0.398. The lowest BCUT2D eigenvalue weighted by molar-refractivity contribution is -0.121. The van der Waals surface area contributed by atoms with Crippen LogP contribution in [0.4, 0.5) is 0 Å². The summed E-state index contributed by atoms with van der Waals surface area (Å²) in [5.74, 6) is 0.268. The maximum absolute atomic E-state index is 12.6. The first-order valence-electron chi connectivity index (χ1n) is 9.06. The van der Waals surface area contributed by atoms with Crippen LogP contribution in [0.15, 0.2) is 24.3 Å². The van der Waals surface area contributed by atoms with Gasteiger partial charge < -0.3 is 5.32 Å². The summed E-state index contributed by atoms with van der Waals surface area (Å²) in [6, 6.07) is 8.37. The van der Waals surface area contributed by atoms with E-state index < -0.39 is 5.41 Å². The minimum Gasteiger partial charge on any atom is -0.319 e.